The van der Waals surface area contributed by atoms with E-state index in [9.17, 15) is 9.59 Å². The summed E-state index contributed by atoms with van der Waals surface area (Å²) in [5, 5.41) is 0. The molecule has 1 atom stereocenters. The van der Waals surface area contributed by atoms with Gasteiger partial charge in [-0.2, -0.15) is 0 Å². The van der Waals surface area contributed by atoms with Crippen LogP contribution in [0.1, 0.15) is 37.9 Å². The zero-order valence-electron chi connectivity index (χ0n) is 23.5. The van der Waals surface area contributed by atoms with Gasteiger partial charge in [-0.15, -0.1) is 0 Å². The van der Waals surface area contributed by atoms with E-state index in [1.807, 2.05) is 45.0 Å². The highest BCUT2D eigenvalue weighted by molar-refractivity contribution is 9.11. The third-order valence-corrected chi connectivity index (χ3v) is 8.86. The molecule has 8 nitrogen and oxygen atoms in total. The first-order valence-corrected chi connectivity index (χ1v) is 15.4. The summed E-state index contributed by atoms with van der Waals surface area (Å²) in [6, 6.07) is 8.37. The molecule has 3 aromatic rings. The van der Waals surface area contributed by atoms with E-state index in [-0.39, 0.29) is 11.5 Å². The van der Waals surface area contributed by atoms with Crippen molar-refractivity contribution in [3.8, 4) is 17.2 Å². The molecule has 0 saturated carbocycles. The Labute approximate surface area is 259 Å². The number of methoxy groups -OCH3 is 2. The average molecular weight is 705 g/mol. The monoisotopic (exact) mass is 703 g/mol. The lowest BCUT2D eigenvalue weighted by molar-refractivity contribution is -0.127. The third kappa shape index (κ3) is 6.07. The number of nitrogens with zero attached hydrogens (tertiary/aromatic N) is 3. The minimum absolute atomic E-state index is 0.177. The van der Waals surface area contributed by atoms with Gasteiger partial charge < -0.3 is 19.1 Å². The number of carbonyl (C=O) groups excluding carboxylic acids is 1. The highest BCUT2D eigenvalue weighted by Gasteiger charge is 2.36. The number of allylic oxidation sites excluding steroid dienone is 1. The fourth-order valence-electron chi connectivity index (χ4n) is 4.72. The lowest BCUT2D eigenvalue weighted by Gasteiger charge is -2.30. The van der Waals surface area contributed by atoms with Gasteiger partial charge in [0, 0.05) is 18.7 Å². The van der Waals surface area contributed by atoms with Crippen LogP contribution in [0.15, 0.2) is 73.0 Å². The van der Waals surface area contributed by atoms with Crippen LogP contribution in [0, 0.1) is 0 Å². The van der Waals surface area contributed by atoms with Crippen LogP contribution >= 0.6 is 43.2 Å². The Balaban J connectivity index is 1.97. The number of fused-ring (bicyclic) bond motifs is 1. The standard InChI is InChI=1S/C30H31Br2N3O5S/c1-7-12-40-27-21(31)13-18(14-22(27)32)15-24-28(36)35-26(20-16-19(38-5)10-11-23(20)39-6)25(17(4)33-30(35)41-24)29(37)34(8-2)9-3/h7,10-11,13-16,26H,1,8-9,12H2,2-6H3/b24-15+/t26-/m0/s1. The minimum atomic E-state index is -0.764. The summed E-state index contributed by atoms with van der Waals surface area (Å²) in [7, 11) is 3.14. The van der Waals surface area contributed by atoms with E-state index in [0.29, 0.717) is 63.1 Å². The lowest BCUT2D eigenvalue weighted by Crippen LogP contribution is -2.43. The quantitative estimate of drug-likeness (QED) is 0.271. The van der Waals surface area contributed by atoms with E-state index in [1.54, 1.807) is 41.9 Å². The van der Waals surface area contributed by atoms with Crippen LogP contribution in [0.25, 0.3) is 6.08 Å². The molecule has 1 amide bonds. The van der Waals surface area contributed by atoms with Crippen molar-refractivity contribution in [2.24, 2.45) is 4.99 Å². The van der Waals surface area contributed by atoms with Crippen LogP contribution in [-0.2, 0) is 4.79 Å². The molecule has 4 rings (SSSR count). The highest BCUT2D eigenvalue weighted by Crippen LogP contribution is 2.38. The second-order valence-electron chi connectivity index (χ2n) is 9.08. The van der Waals surface area contributed by atoms with Crippen LogP contribution in [-0.4, -0.2) is 49.3 Å². The predicted molar refractivity (Wildman–Crippen MR) is 169 cm³/mol. The molecule has 0 bridgehead atoms. The molecule has 41 heavy (non-hydrogen) atoms. The Morgan fingerprint density at radius 1 is 1.15 bits per heavy atom. The van der Waals surface area contributed by atoms with E-state index in [1.165, 1.54) is 11.3 Å². The van der Waals surface area contributed by atoms with E-state index in [0.717, 1.165) is 14.5 Å². The lowest BCUT2D eigenvalue weighted by atomic mass is 9.93. The van der Waals surface area contributed by atoms with Crippen molar-refractivity contribution in [1.82, 2.24) is 9.47 Å². The van der Waals surface area contributed by atoms with Gasteiger partial charge in [0.2, 0.25) is 0 Å². The molecule has 216 valence electrons. The fraction of sp³-hybridized carbons (Fsp3) is 0.300. The Hall–Kier alpha value is -3.15. The number of carbonyl (C=O) groups is 1. The summed E-state index contributed by atoms with van der Waals surface area (Å²) in [4.78, 5) is 35.0. The van der Waals surface area contributed by atoms with Crippen LogP contribution in [0.3, 0.4) is 0 Å². The van der Waals surface area contributed by atoms with Crippen molar-refractivity contribution in [3.63, 3.8) is 0 Å². The van der Waals surface area contributed by atoms with Crippen molar-refractivity contribution in [1.29, 1.82) is 0 Å². The number of hydrogen-bond acceptors (Lipinski definition) is 7. The maximum Gasteiger partial charge on any atom is 0.271 e. The summed E-state index contributed by atoms with van der Waals surface area (Å²) >= 11 is 8.39. The number of halogens is 2. The van der Waals surface area contributed by atoms with Crippen molar-refractivity contribution in [3.05, 3.63) is 94.0 Å². The third-order valence-electron chi connectivity index (χ3n) is 6.70. The van der Waals surface area contributed by atoms with Gasteiger partial charge in [0.05, 0.1) is 39.0 Å². The normalized spacial score (nSPS) is 14.8. The summed E-state index contributed by atoms with van der Waals surface area (Å²) in [5.74, 6) is 1.58. The molecule has 2 heterocycles. The maximum absolute atomic E-state index is 14.1. The molecule has 0 spiro atoms. The van der Waals surface area contributed by atoms with Gasteiger partial charge in [-0.25, -0.2) is 4.99 Å². The van der Waals surface area contributed by atoms with Gasteiger partial charge in [-0.1, -0.05) is 24.0 Å². The molecule has 0 fully saturated rings. The highest BCUT2D eigenvalue weighted by atomic mass is 79.9. The molecule has 0 N–H and O–H groups in total. The van der Waals surface area contributed by atoms with Gasteiger partial charge in [0.1, 0.15) is 29.9 Å². The zero-order valence-corrected chi connectivity index (χ0v) is 27.5. The molecule has 1 aliphatic rings. The van der Waals surface area contributed by atoms with E-state index >= 15 is 0 Å². The minimum Gasteiger partial charge on any atom is -0.497 e. The number of aromatic nitrogens is 1. The number of likely N-dealkylation sites (N-methyl/N-ethyl adjacent to an activating group) is 1. The SMILES string of the molecule is C=CCOc1c(Br)cc(/C=c2/sc3n(c2=O)[C@@H](c2cc(OC)ccc2OC)C(C(=O)N(CC)CC)=C(C)N=3)cc1Br. The van der Waals surface area contributed by atoms with E-state index < -0.39 is 6.04 Å². The maximum atomic E-state index is 14.1. The molecule has 0 unspecified atom stereocenters. The average Bonchev–Trinajstić information content (AvgIpc) is 3.25. The fourth-order valence-corrected chi connectivity index (χ4v) is 7.22. The molecular formula is C30H31Br2N3O5S. The van der Waals surface area contributed by atoms with Gasteiger partial charge >= 0.3 is 0 Å². The number of ether oxygens (including phenoxy) is 3. The van der Waals surface area contributed by atoms with Crippen LogP contribution in [0.4, 0.5) is 0 Å². The van der Waals surface area contributed by atoms with Crippen LogP contribution in [0.2, 0.25) is 0 Å². The molecule has 0 radical (unpaired) electrons. The van der Waals surface area contributed by atoms with E-state index in [2.05, 4.69) is 38.4 Å². The van der Waals surface area contributed by atoms with Crippen molar-refractivity contribution in [2.45, 2.75) is 26.8 Å². The Morgan fingerprint density at radius 3 is 2.41 bits per heavy atom. The molecule has 1 aromatic heterocycles. The topological polar surface area (TPSA) is 82.4 Å². The van der Waals surface area contributed by atoms with Gasteiger partial charge in [0.15, 0.2) is 4.80 Å². The van der Waals surface area contributed by atoms with Gasteiger partial charge in [0.25, 0.3) is 11.5 Å². The van der Waals surface area contributed by atoms with Crippen molar-refractivity contribution < 1.29 is 19.0 Å². The number of rotatable bonds is 10. The first kappa shape index (κ1) is 30.8. The van der Waals surface area contributed by atoms with Crippen LogP contribution in [0.5, 0.6) is 17.2 Å². The molecule has 1 aliphatic heterocycles. The molecular weight excluding hydrogens is 674 g/mol. The van der Waals surface area contributed by atoms with Crippen molar-refractivity contribution in [2.75, 3.05) is 33.9 Å². The second kappa shape index (κ2) is 13.2. The smallest absolute Gasteiger partial charge is 0.271 e. The second-order valence-corrected chi connectivity index (χ2v) is 11.8. The number of amides is 1. The zero-order chi connectivity index (χ0) is 29.8. The summed E-state index contributed by atoms with van der Waals surface area (Å²) in [6.07, 6.45) is 3.48. The molecule has 11 heteroatoms. The van der Waals surface area contributed by atoms with Gasteiger partial charge in [-0.05, 0) is 94.6 Å². The molecule has 2 aromatic carbocycles. The van der Waals surface area contributed by atoms with Gasteiger partial charge in [-0.3, -0.25) is 14.2 Å². The molecule has 0 saturated heterocycles. The summed E-state index contributed by atoms with van der Waals surface area (Å²) in [6.45, 7) is 10.8. The number of hydrogen-bond donors (Lipinski definition) is 0. The van der Waals surface area contributed by atoms with Crippen molar-refractivity contribution >= 4 is 55.2 Å². The van der Waals surface area contributed by atoms with E-state index in [4.69, 9.17) is 19.2 Å². The first-order chi connectivity index (χ1) is 19.7. The van der Waals surface area contributed by atoms with Crippen LogP contribution < -0.4 is 29.1 Å². The number of benzene rings is 2. The Kier molecular flexibility index (Phi) is 9.93. The largest absolute Gasteiger partial charge is 0.497 e. The summed E-state index contributed by atoms with van der Waals surface area (Å²) in [5.41, 5.74) is 2.14. The first-order valence-electron chi connectivity index (χ1n) is 12.9. The molecule has 0 aliphatic carbocycles. The number of thiazole rings is 1. The Morgan fingerprint density at radius 2 is 1.83 bits per heavy atom. The Bertz CT molecular complexity index is 1680. The predicted octanol–water partition coefficient (Wildman–Crippen LogP) is 5.21. The summed E-state index contributed by atoms with van der Waals surface area (Å²) < 4.78 is 20.5.